The van der Waals surface area contributed by atoms with Crippen LogP contribution in [0.4, 0.5) is 9.59 Å². The number of methoxy groups -OCH3 is 1. The van der Waals surface area contributed by atoms with Gasteiger partial charge in [-0.2, -0.15) is 0 Å². The summed E-state index contributed by atoms with van der Waals surface area (Å²) in [6.45, 7) is 13.0. The Hall–Kier alpha value is -2.62. The molecule has 0 aromatic heterocycles. The van der Waals surface area contributed by atoms with E-state index in [0.717, 1.165) is 0 Å². The molecule has 0 fully saturated rings. The maximum Gasteiger partial charge on any atom is 0.412 e. The molecule has 1 rings (SSSR count). The molecular weight excluding hydrogens is 380 g/mol. The second kappa shape index (κ2) is 10.2. The quantitative estimate of drug-likeness (QED) is 0.501. The van der Waals surface area contributed by atoms with Crippen LogP contribution in [0.25, 0.3) is 0 Å². The number of alkyl carbamates (subject to hydrolysis) is 2. The zero-order valence-corrected chi connectivity index (χ0v) is 18.5. The summed E-state index contributed by atoms with van der Waals surface area (Å²) in [7, 11) is 1.47. The van der Waals surface area contributed by atoms with E-state index in [-0.39, 0.29) is 19.3 Å². The monoisotopic (exact) mass is 414 g/mol. The fourth-order valence-corrected chi connectivity index (χ4v) is 2.12. The molecule has 0 radical (unpaired) electrons. The molecule has 0 unspecified atom stereocenters. The summed E-state index contributed by atoms with van der Waals surface area (Å²) in [4.78, 5) is 23.8. The second-order valence-electron chi connectivity index (χ2n) is 8.56. The fraction of sp³-hybridized carbons (Fsp3) is 0.684. The van der Waals surface area contributed by atoms with Gasteiger partial charge in [0.25, 0.3) is 0 Å². The third-order valence-corrected chi connectivity index (χ3v) is 3.13. The van der Waals surface area contributed by atoms with Gasteiger partial charge in [0, 0.05) is 0 Å². The molecule has 1 heterocycles. The van der Waals surface area contributed by atoms with Crippen LogP contribution < -0.4 is 21.5 Å². The van der Waals surface area contributed by atoms with Crippen molar-refractivity contribution in [3.05, 3.63) is 23.4 Å². The van der Waals surface area contributed by atoms with Gasteiger partial charge in [0.2, 0.25) is 5.88 Å². The van der Waals surface area contributed by atoms with Crippen molar-refractivity contribution in [2.45, 2.75) is 65.7 Å². The molecule has 1 atom stereocenters. The Morgan fingerprint density at radius 3 is 2.17 bits per heavy atom. The summed E-state index contributed by atoms with van der Waals surface area (Å²) >= 11 is 0. The predicted molar refractivity (Wildman–Crippen MR) is 107 cm³/mol. The molecule has 0 aromatic carbocycles. The Morgan fingerprint density at radius 2 is 1.62 bits per heavy atom. The Morgan fingerprint density at radius 1 is 1.03 bits per heavy atom. The summed E-state index contributed by atoms with van der Waals surface area (Å²) in [6.07, 6.45) is 0.574. The number of hydrogen-bond donors (Lipinski definition) is 4. The molecule has 1 aliphatic heterocycles. The molecule has 0 aliphatic carbocycles. The summed E-state index contributed by atoms with van der Waals surface area (Å²) in [5, 5.41) is 5.34. The van der Waals surface area contributed by atoms with E-state index >= 15 is 0 Å². The van der Waals surface area contributed by atoms with Crippen LogP contribution in [0.1, 0.15) is 48.5 Å². The molecule has 0 bridgehead atoms. The fourth-order valence-electron chi connectivity index (χ4n) is 2.12. The van der Waals surface area contributed by atoms with E-state index in [9.17, 15) is 9.59 Å². The highest BCUT2D eigenvalue weighted by Gasteiger charge is 2.21. The molecule has 2 amide bonds. The zero-order chi connectivity index (χ0) is 22.2. The van der Waals surface area contributed by atoms with Crippen molar-refractivity contribution in [3.63, 3.8) is 0 Å². The van der Waals surface area contributed by atoms with Crippen LogP contribution >= 0.6 is 0 Å². The van der Waals surface area contributed by atoms with Crippen molar-refractivity contribution in [3.8, 4) is 0 Å². The average Bonchev–Trinajstić information content (AvgIpc) is 2.51. The molecule has 0 saturated carbocycles. The molecule has 29 heavy (non-hydrogen) atoms. The number of amides is 2. The largest absolute Gasteiger partial charge is 0.480 e. The van der Waals surface area contributed by atoms with E-state index in [1.807, 2.05) is 6.92 Å². The minimum Gasteiger partial charge on any atom is -0.480 e. The summed E-state index contributed by atoms with van der Waals surface area (Å²) in [6, 6.07) is -0.244. The normalized spacial score (nSPS) is 15.4. The van der Waals surface area contributed by atoms with Crippen molar-refractivity contribution in [1.82, 2.24) is 21.5 Å². The van der Waals surface area contributed by atoms with Gasteiger partial charge < -0.3 is 29.7 Å². The molecule has 1 aliphatic rings. The minimum absolute atomic E-state index is 0.212. The van der Waals surface area contributed by atoms with Gasteiger partial charge in [0.05, 0.1) is 32.1 Å². The SMILES string of the molecule is COC1=C(NC(=O)OC(C)(C)C)C=C(COC[C@@H](C)NC(=O)OC(C)(C)C)NN1. The molecule has 0 aromatic rings. The Labute approximate surface area is 172 Å². The van der Waals surface area contributed by atoms with E-state index < -0.39 is 23.4 Å². The number of ether oxygens (including phenoxy) is 4. The zero-order valence-electron chi connectivity index (χ0n) is 18.5. The molecule has 166 valence electrons. The number of nitrogens with one attached hydrogen (secondary N) is 4. The molecule has 0 spiro atoms. The van der Waals surface area contributed by atoms with Gasteiger partial charge in [0.15, 0.2) is 0 Å². The molecule has 10 nitrogen and oxygen atoms in total. The minimum atomic E-state index is -0.620. The third kappa shape index (κ3) is 10.5. The highest BCUT2D eigenvalue weighted by atomic mass is 16.6. The molecule has 4 N–H and O–H groups in total. The van der Waals surface area contributed by atoms with Gasteiger partial charge in [0.1, 0.15) is 16.9 Å². The Kier molecular flexibility index (Phi) is 8.62. The second-order valence-corrected chi connectivity index (χ2v) is 8.56. The maximum atomic E-state index is 12.0. The first-order valence-corrected chi connectivity index (χ1v) is 9.37. The maximum absolute atomic E-state index is 12.0. The Bertz CT molecular complexity index is 646. The topological polar surface area (TPSA) is 119 Å². The van der Waals surface area contributed by atoms with Crippen LogP contribution in [0.5, 0.6) is 0 Å². The van der Waals surface area contributed by atoms with E-state index in [0.29, 0.717) is 17.3 Å². The van der Waals surface area contributed by atoms with Crippen molar-refractivity contribution >= 4 is 12.2 Å². The van der Waals surface area contributed by atoms with Crippen LogP contribution in [-0.4, -0.2) is 49.8 Å². The average molecular weight is 415 g/mol. The lowest BCUT2D eigenvalue weighted by Gasteiger charge is -2.25. The third-order valence-electron chi connectivity index (χ3n) is 3.13. The van der Waals surface area contributed by atoms with E-state index in [1.165, 1.54) is 7.11 Å². The number of hydrazine groups is 1. The standard InChI is InChI=1S/C19H34N4O6/c1-12(20-16(24)28-18(2,3)4)10-27-11-13-9-14(15(26-8)23-22-13)21-17(25)29-19(5,6)7/h9,12,22-23H,10-11H2,1-8H3,(H,20,24)(H,21,25)/t12-/m1/s1. The van der Waals surface area contributed by atoms with Gasteiger partial charge >= 0.3 is 12.2 Å². The van der Waals surface area contributed by atoms with Crippen molar-refractivity contribution < 1.29 is 28.5 Å². The van der Waals surface area contributed by atoms with Gasteiger partial charge in [-0.05, 0) is 54.5 Å². The van der Waals surface area contributed by atoms with Gasteiger partial charge in [-0.3, -0.25) is 10.7 Å². The van der Waals surface area contributed by atoms with Crippen LogP contribution in [0.2, 0.25) is 0 Å². The number of carbonyl (C=O) groups is 2. The first-order chi connectivity index (χ1) is 13.3. The smallest absolute Gasteiger partial charge is 0.412 e. The molecular formula is C19H34N4O6. The number of hydrogen-bond acceptors (Lipinski definition) is 8. The van der Waals surface area contributed by atoms with Crippen molar-refractivity contribution in [2.24, 2.45) is 0 Å². The number of carbonyl (C=O) groups excluding carboxylic acids is 2. The van der Waals surface area contributed by atoms with E-state index in [2.05, 4.69) is 21.5 Å². The highest BCUT2D eigenvalue weighted by Crippen LogP contribution is 2.12. The van der Waals surface area contributed by atoms with Crippen molar-refractivity contribution in [1.29, 1.82) is 0 Å². The lowest BCUT2D eigenvalue weighted by Crippen LogP contribution is -2.42. The van der Waals surface area contributed by atoms with Gasteiger partial charge in [-0.25, -0.2) is 9.59 Å². The highest BCUT2D eigenvalue weighted by molar-refractivity contribution is 5.71. The first-order valence-electron chi connectivity index (χ1n) is 9.37. The lowest BCUT2D eigenvalue weighted by molar-refractivity contribution is 0.0461. The van der Waals surface area contributed by atoms with Gasteiger partial charge in [-0.15, -0.1) is 0 Å². The summed E-state index contributed by atoms with van der Waals surface area (Å²) in [5.74, 6) is 0.333. The predicted octanol–water partition coefficient (Wildman–Crippen LogP) is 2.25. The number of allylic oxidation sites excluding steroid dienone is 1. The first kappa shape index (κ1) is 24.4. The van der Waals surface area contributed by atoms with Crippen LogP contribution in [-0.2, 0) is 18.9 Å². The van der Waals surface area contributed by atoms with Gasteiger partial charge in [-0.1, -0.05) is 0 Å². The Balaban J connectivity index is 2.55. The number of rotatable bonds is 7. The van der Waals surface area contributed by atoms with E-state index in [1.54, 1.807) is 47.6 Å². The lowest BCUT2D eigenvalue weighted by atomic mass is 10.2. The van der Waals surface area contributed by atoms with E-state index in [4.69, 9.17) is 18.9 Å². The molecule has 0 saturated heterocycles. The van der Waals surface area contributed by atoms with Crippen molar-refractivity contribution in [2.75, 3.05) is 20.3 Å². The summed E-state index contributed by atoms with van der Waals surface area (Å²) < 4.78 is 21.3. The van der Waals surface area contributed by atoms with Crippen LogP contribution in [0, 0.1) is 0 Å². The van der Waals surface area contributed by atoms with Crippen LogP contribution in [0.3, 0.4) is 0 Å². The summed E-state index contributed by atoms with van der Waals surface area (Å²) in [5.41, 5.74) is 5.63. The molecule has 10 heteroatoms. The van der Waals surface area contributed by atoms with Crippen LogP contribution in [0.15, 0.2) is 23.4 Å².